The van der Waals surface area contributed by atoms with Crippen LogP contribution in [-0.4, -0.2) is 42.5 Å². The number of nitrogens with one attached hydrogen (secondary N) is 1. The predicted octanol–water partition coefficient (Wildman–Crippen LogP) is 2.70. The topological polar surface area (TPSA) is 73.3 Å². The smallest absolute Gasteiger partial charge is 0.251 e. The minimum Gasteiger partial charge on any atom is -0.480 e. The number of ether oxygens (including phenoxy) is 2. The number of hydrogen-bond donors (Lipinski definition) is 1. The molecule has 1 amide bonds. The number of benzene rings is 1. The molecular weight excluding hydrogens is 306 g/mol. The van der Waals surface area contributed by atoms with Crippen molar-refractivity contribution in [1.82, 2.24) is 15.5 Å². The lowest BCUT2D eigenvalue weighted by molar-refractivity contribution is 0.0757. The van der Waals surface area contributed by atoms with Crippen molar-refractivity contribution in [2.75, 3.05) is 20.3 Å². The quantitative estimate of drug-likeness (QED) is 0.754. The van der Waals surface area contributed by atoms with Gasteiger partial charge in [-0.2, -0.15) is 0 Å². The van der Waals surface area contributed by atoms with Crippen LogP contribution in [0.5, 0.6) is 5.88 Å². The summed E-state index contributed by atoms with van der Waals surface area (Å²) in [5, 5.41) is 10.9. The van der Waals surface area contributed by atoms with Crippen molar-refractivity contribution in [2.24, 2.45) is 0 Å². The van der Waals surface area contributed by atoms with Crippen LogP contribution >= 0.6 is 0 Å². The number of rotatable bonds is 8. The van der Waals surface area contributed by atoms with Gasteiger partial charge in [-0.3, -0.25) is 4.79 Å². The second-order valence-corrected chi connectivity index (χ2v) is 5.57. The van der Waals surface area contributed by atoms with E-state index in [0.717, 1.165) is 12.0 Å². The molecule has 0 aliphatic carbocycles. The van der Waals surface area contributed by atoms with Crippen LogP contribution in [0.2, 0.25) is 0 Å². The van der Waals surface area contributed by atoms with Gasteiger partial charge in [0.25, 0.3) is 5.91 Å². The molecular formula is C18H23N3O3. The maximum Gasteiger partial charge on any atom is 0.251 e. The molecule has 2 aromatic rings. The summed E-state index contributed by atoms with van der Waals surface area (Å²) in [6.45, 7) is 5.20. The Balaban J connectivity index is 1.95. The molecule has 0 spiro atoms. The monoisotopic (exact) mass is 329 g/mol. The summed E-state index contributed by atoms with van der Waals surface area (Å²) in [5.41, 5.74) is 2.12. The molecule has 0 saturated heterocycles. The van der Waals surface area contributed by atoms with E-state index in [-0.39, 0.29) is 12.0 Å². The zero-order valence-corrected chi connectivity index (χ0v) is 14.3. The summed E-state index contributed by atoms with van der Waals surface area (Å²) in [5.74, 6) is 0.346. The molecule has 0 bridgehead atoms. The normalized spacial score (nSPS) is 10.7. The summed E-state index contributed by atoms with van der Waals surface area (Å²) in [6, 6.07) is 10.9. The van der Waals surface area contributed by atoms with Crippen molar-refractivity contribution in [3.8, 4) is 17.1 Å². The highest BCUT2D eigenvalue weighted by atomic mass is 16.5. The van der Waals surface area contributed by atoms with Crippen molar-refractivity contribution >= 4 is 5.91 Å². The first kappa shape index (κ1) is 17.9. The van der Waals surface area contributed by atoms with Crippen molar-refractivity contribution in [3.63, 3.8) is 0 Å². The molecule has 0 radical (unpaired) electrons. The molecule has 128 valence electrons. The van der Waals surface area contributed by atoms with E-state index in [4.69, 9.17) is 9.47 Å². The largest absolute Gasteiger partial charge is 0.480 e. The van der Waals surface area contributed by atoms with Crippen molar-refractivity contribution < 1.29 is 14.3 Å². The molecule has 6 heteroatoms. The van der Waals surface area contributed by atoms with E-state index in [1.807, 2.05) is 32.0 Å². The lowest BCUT2D eigenvalue weighted by atomic mass is 10.1. The van der Waals surface area contributed by atoms with Crippen LogP contribution < -0.4 is 10.1 Å². The second-order valence-electron chi connectivity index (χ2n) is 5.57. The Hall–Kier alpha value is -2.47. The van der Waals surface area contributed by atoms with Gasteiger partial charge in [-0.05, 0) is 38.5 Å². The number of nitrogens with zero attached hydrogens (tertiary/aromatic N) is 2. The Labute approximate surface area is 142 Å². The highest BCUT2D eigenvalue weighted by Crippen LogP contribution is 2.19. The van der Waals surface area contributed by atoms with Crippen molar-refractivity contribution in [1.29, 1.82) is 0 Å². The van der Waals surface area contributed by atoms with Crippen LogP contribution in [0.15, 0.2) is 36.4 Å². The van der Waals surface area contributed by atoms with Gasteiger partial charge in [0.1, 0.15) is 0 Å². The van der Waals surface area contributed by atoms with Crippen LogP contribution in [0.4, 0.5) is 0 Å². The fraction of sp³-hybridized carbons (Fsp3) is 0.389. The zero-order valence-electron chi connectivity index (χ0n) is 14.3. The lowest BCUT2D eigenvalue weighted by Crippen LogP contribution is -2.25. The number of carbonyl (C=O) groups is 1. The molecule has 0 aliphatic rings. The Morgan fingerprint density at radius 3 is 2.71 bits per heavy atom. The van der Waals surface area contributed by atoms with E-state index >= 15 is 0 Å². The molecule has 1 aromatic heterocycles. The Morgan fingerprint density at radius 2 is 2.04 bits per heavy atom. The summed E-state index contributed by atoms with van der Waals surface area (Å²) >= 11 is 0. The summed E-state index contributed by atoms with van der Waals surface area (Å²) in [7, 11) is 1.54. The van der Waals surface area contributed by atoms with Gasteiger partial charge in [0, 0.05) is 30.3 Å². The maximum absolute atomic E-state index is 12.2. The van der Waals surface area contributed by atoms with Crippen LogP contribution in [0.25, 0.3) is 11.3 Å². The third-order valence-electron chi connectivity index (χ3n) is 3.33. The third kappa shape index (κ3) is 5.31. The molecule has 0 unspecified atom stereocenters. The van der Waals surface area contributed by atoms with Gasteiger partial charge in [0.2, 0.25) is 5.88 Å². The van der Waals surface area contributed by atoms with Crippen LogP contribution in [0.1, 0.15) is 30.6 Å². The van der Waals surface area contributed by atoms with E-state index in [1.54, 1.807) is 25.3 Å². The van der Waals surface area contributed by atoms with Crippen LogP contribution in [0.3, 0.4) is 0 Å². The molecule has 0 saturated carbocycles. The molecule has 0 fully saturated rings. The first-order valence-corrected chi connectivity index (χ1v) is 7.98. The minimum absolute atomic E-state index is 0.108. The molecule has 1 heterocycles. The Kier molecular flexibility index (Phi) is 6.69. The Bertz CT molecular complexity index is 657. The third-order valence-corrected chi connectivity index (χ3v) is 3.33. The second kappa shape index (κ2) is 8.98. The van der Waals surface area contributed by atoms with Gasteiger partial charge in [-0.25, -0.2) is 0 Å². The van der Waals surface area contributed by atoms with Gasteiger partial charge < -0.3 is 14.8 Å². The van der Waals surface area contributed by atoms with Crippen molar-refractivity contribution in [2.45, 2.75) is 26.4 Å². The standard InChI is InChI=1S/C18H23N3O3/c1-13(2)24-11-5-10-19-18(22)15-7-4-6-14(12-15)16-8-9-17(23-3)21-20-16/h4,6-9,12-13H,5,10-11H2,1-3H3,(H,19,22). The molecule has 24 heavy (non-hydrogen) atoms. The zero-order chi connectivity index (χ0) is 17.4. The summed E-state index contributed by atoms with van der Waals surface area (Å²) in [4.78, 5) is 12.2. The highest BCUT2D eigenvalue weighted by Gasteiger charge is 2.08. The number of amides is 1. The van der Waals surface area contributed by atoms with Crippen molar-refractivity contribution in [3.05, 3.63) is 42.0 Å². The van der Waals surface area contributed by atoms with E-state index in [9.17, 15) is 4.79 Å². The Morgan fingerprint density at radius 1 is 1.21 bits per heavy atom. The van der Waals surface area contributed by atoms with E-state index in [1.165, 1.54) is 0 Å². The minimum atomic E-state index is -0.108. The fourth-order valence-corrected chi connectivity index (χ4v) is 2.10. The molecule has 2 rings (SSSR count). The van der Waals surface area contributed by atoms with Gasteiger partial charge in [0.05, 0.1) is 18.9 Å². The van der Waals surface area contributed by atoms with Crippen LogP contribution in [0, 0.1) is 0 Å². The number of aromatic nitrogens is 2. The van der Waals surface area contributed by atoms with Gasteiger partial charge in [-0.1, -0.05) is 12.1 Å². The molecule has 6 nitrogen and oxygen atoms in total. The van der Waals surface area contributed by atoms with E-state index < -0.39 is 0 Å². The summed E-state index contributed by atoms with van der Waals surface area (Å²) < 4.78 is 10.4. The van der Waals surface area contributed by atoms with Gasteiger partial charge in [-0.15, -0.1) is 10.2 Å². The van der Waals surface area contributed by atoms with Gasteiger partial charge in [0.15, 0.2) is 0 Å². The molecule has 1 N–H and O–H groups in total. The highest BCUT2D eigenvalue weighted by molar-refractivity contribution is 5.95. The maximum atomic E-state index is 12.2. The molecule has 0 aliphatic heterocycles. The predicted molar refractivity (Wildman–Crippen MR) is 92.1 cm³/mol. The number of methoxy groups -OCH3 is 1. The average Bonchev–Trinajstić information content (AvgIpc) is 2.61. The van der Waals surface area contributed by atoms with E-state index in [0.29, 0.717) is 30.3 Å². The van der Waals surface area contributed by atoms with Crippen LogP contribution in [-0.2, 0) is 4.74 Å². The molecule has 1 aromatic carbocycles. The fourth-order valence-electron chi connectivity index (χ4n) is 2.10. The summed E-state index contributed by atoms with van der Waals surface area (Å²) in [6.07, 6.45) is 0.996. The number of hydrogen-bond acceptors (Lipinski definition) is 5. The first-order chi connectivity index (χ1) is 11.6. The average molecular weight is 329 g/mol. The van der Waals surface area contributed by atoms with Gasteiger partial charge >= 0.3 is 0 Å². The molecule has 0 atom stereocenters. The SMILES string of the molecule is COc1ccc(-c2cccc(C(=O)NCCCOC(C)C)c2)nn1. The van der Waals surface area contributed by atoms with E-state index in [2.05, 4.69) is 15.5 Å². The first-order valence-electron chi connectivity index (χ1n) is 7.98. The number of carbonyl (C=O) groups excluding carboxylic acids is 1. The lowest BCUT2D eigenvalue weighted by Gasteiger charge is -2.09.